The minimum atomic E-state index is -5.77. The molecule has 0 bridgehead atoms. The molecule has 2 aromatic heterocycles. The van der Waals surface area contributed by atoms with Gasteiger partial charge in [-0.15, -0.1) is 0 Å². The van der Waals surface area contributed by atoms with Crippen molar-refractivity contribution < 1.29 is 85.3 Å². The highest BCUT2D eigenvalue weighted by Gasteiger charge is 2.43. The van der Waals surface area contributed by atoms with Crippen LogP contribution < -0.4 is 21.7 Å². The largest absolute Gasteiger partial charge is 0.490 e. The summed E-state index contributed by atoms with van der Waals surface area (Å²) in [5.41, 5.74) is 15.2. The summed E-state index contributed by atoms with van der Waals surface area (Å²) < 4.78 is 53.5. The fourth-order valence-electron chi connectivity index (χ4n) is 6.43. The molecule has 1 fully saturated rings. The number of nitrogens with two attached hydrogens (primary N) is 1. The van der Waals surface area contributed by atoms with E-state index < -0.39 is 95.3 Å². The van der Waals surface area contributed by atoms with Gasteiger partial charge < -0.3 is 60.8 Å². The first-order valence-corrected chi connectivity index (χ1v) is 28.2. The monoisotopic (exact) mass is 1090 g/mol. The number of nitrogens with one attached hydrogen (secondary N) is 3. The number of aliphatic carboxylic acids is 1. The normalized spacial score (nSPS) is 18.5. The zero-order chi connectivity index (χ0) is 52.3. The summed E-state index contributed by atoms with van der Waals surface area (Å²) in [6, 6.07) is -2.35. The van der Waals surface area contributed by atoms with E-state index in [2.05, 4.69) is 60.9 Å². The van der Waals surface area contributed by atoms with E-state index in [1.165, 1.54) is 38.7 Å². The van der Waals surface area contributed by atoms with Gasteiger partial charge in [0.05, 0.1) is 42.7 Å². The number of carbonyl (C=O) groups excluding carboxylic acids is 4. The van der Waals surface area contributed by atoms with Crippen molar-refractivity contribution in [2.45, 2.75) is 127 Å². The Kier molecular flexibility index (Phi) is 24.2. The summed E-state index contributed by atoms with van der Waals surface area (Å²) in [4.78, 5) is 111. The maximum atomic E-state index is 13.5. The lowest BCUT2D eigenvalue weighted by Gasteiger charge is -2.27. The summed E-state index contributed by atoms with van der Waals surface area (Å²) in [5, 5.41) is 31.7. The van der Waals surface area contributed by atoms with Crippen LogP contribution in [0, 0.1) is 11.8 Å². The van der Waals surface area contributed by atoms with Gasteiger partial charge in [0.15, 0.2) is 5.78 Å². The van der Waals surface area contributed by atoms with Crippen LogP contribution in [0.4, 0.5) is 5.82 Å². The third-order valence-electron chi connectivity index (χ3n) is 9.79. The van der Waals surface area contributed by atoms with Crippen molar-refractivity contribution in [2.75, 3.05) is 31.2 Å². The Morgan fingerprint density at radius 3 is 2.44 bits per heavy atom. The molecule has 7 unspecified atom stereocenters. The third-order valence-corrected chi connectivity index (χ3v) is 16.9. The van der Waals surface area contributed by atoms with Crippen molar-refractivity contribution in [2.24, 2.45) is 5.11 Å². The number of aromatic nitrogens is 3. The first-order valence-electron chi connectivity index (χ1n) is 21.4. The van der Waals surface area contributed by atoms with E-state index in [9.17, 15) is 57.7 Å². The summed E-state index contributed by atoms with van der Waals surface area (Å²) in [6.45, 7) is 4.94. The van der Waals surface area contributed by atoms with E-state index in [0.717, 1.165) is 0 Å². The first kappa shape index (κ1) is 60.2. The van der Waals surface area contributed by atoms with Gasteiger partial charge in [0.25, 0.3) is 0 Å². The second-order valence-electron chi connectivity index (χ2n) is 16.0. The summed E-state index contributed by atoms with van der Waals surface area (Å²) in [7, 11) is -14.0. The molecule has 11 N–H and O–H groups in total. The van der Waals surface area contributed by atoms with Gasteiger partial charge >= 0.3 is 29.4 Å². The van der Waals surface area contributed by atoms with Gasteiger partial charge in [0.2, 0.25) is 17.7 Å². The summed E-state index contributed by atoms with van der Waals surface area (Å²) >= 11 is 0. The maximum absolute atomic E-state index is 13.5. The molecule has 0 spiro atoms. The molecule has 1 aliphatic heterocycles. The summed E-state index contributed by atoms with van der Waals surface area (Å²) in [5.74, 6) is 3.02. The maximum Gasteiger partial charge on any atom is 0.490 e. The van der Waals surface area contributed by atoms with Crippen molar-refractivity contribution in [1.82, 2.24) is 30.5 Å². The number of aliphatic hydroxyl groups excluding tert-OH is 1. The number of nitrogen functional groups attached to an aromatic ring is 1. The molecule has 1 saturated heterocycles. The van der Waals surface area contributed by atoms with Crippen LogP contribution in [0.3, 0.4) is 0 Å². The van der Waals surface area contributed by atoms with Gasteiger partial charge in [0, 0.05) is 53.8 Å². The molecular weight excluding hydrogens is 1030 g/mol. The molecule has 3 amide bonds. The number of carboxylic acid groups (broad SMARTS) is 1. The number of amides is 3. The number of anilines is 1. The SMILES string of the molecule is CCCCC(=O)C(CC(=O)O)NC(=O)C(CCC(C)(C)SSCCC(=O)NCC#Cc1cn(C2CC(O)C(COP(=O)(O)OP(=O)(O)OP(=O)(O)O)O2)c2ncnc(N)c12)NC(=O)CCCCN=[N+]=[N-]. The lowest BCUT2D eigenvalue weighted by molar-refractivity contribution is -0.140. The number of ether oxygens (including phenoxy) is 1. The average Bonchev–Trinajstić information content (AvgIpc) is 3.82. The third kappa shape index (κ3) is 21.7. The number of hydrogen-bond acceptors (Lipinski definition) is 19. The molecule has 390 valence electrons. The Labute approximate surface area is 409 Å². The lowest BCUT2D eigenvalue weighted by Crippen LogP contribution is -2.52. The standard InChI is InChI=1S/C37H57N10O18P3S2/c1-4-5-10-26(48)25(18-32(52)53)45-36(54)24(44-30(51)11-6-7-16-43-46-39)12-14-37(2,3)70-69-17-13-29(50)40-15-8-9-23-20-47(35-33(23)34(38)41-22-42-35)31-19-27(49)28(63-31)21-62-67(58,59)65-68(60,61)64-66(55,56)57/h20,22,24-25,27-28,31,49H,4-7,10-19,21H2,1-3H3,(H,40,50)(H,44,51)(H,45,54)(H,52,53)(H,58,59)(H,60,61)(H2,38,41,42)(H2,55,56,57). The number of ketones is 1. The van der Waals surface area contributed by atoms with Crippen LogP contribution in [0.15, 0.2) is 17.6 Å². The molecule has 1 aliphatic rings. The summed E-state index contributed by atoms with van der Waals surface area (Å²) in [6.07, 6.45) is 1.08. The fourth-order valence-corrected chi connectivity index (χ4v) is 12.0. The minimum Gasteiger partial charge on any atom is -0.481 e. The predicted octanol–water partition coefficient (Wildman–Crippen LogP) is 3.49. The van der Waals surface area contributed by atoms with Crippen LogP contribution in [-0.2, 0) is 55.5 Å². The van der Waals surface area contributed by atoms with Gasteiger partial charge in [-0.2, -0.15) is 8.62 Å². The highest BCUT2D eigenvalue weighted by atomic mass is 33.1. The zero-order valence-corrected chi connectivity index (χ0v) is 42.5. The smallest absolute Gasteiger partial charge is 0.481 e. The second kappa shape index (κ2) is 28.2. The first-order chi connectivity index (χ1) is 32.7. The number of azide groups is 1. The lowest BCUT2D eigenvalue weighted by atomic mass is 9.99. The molecule has 0 saturated carbocycles. The zero-order valence-electron chi connectivity index (χ0n) is 38.1. The van der Waals surface area contributed by atoms with Gasteiger partial charge in [0.1, 0.15) is 36.2 Å². The molecule has 28 nitrogen and oxygen atoms in total. The Morgan fingerprint density at radius 2 is 1.77 bits per heavy atom. The van der Waals surface area contributed by atoms with Crippen LogP contribution in [0.2, 0.25) is 0 Å². The Balaban J connectivity index is 1.56. The molecule has 0 aromatic carbocycles. The quantitative estimate of drug-likeness (QED) is 0.00982. The number of carboxylic acids is 1. The molecule has 7 atom stereocenters. The van der Waals surface area contributed by atoms with E-state index in [0.29, 0.717) is 48.8 Å². The van der Waals surface area contributed by atoms with E-state index in [-0.39, 0.29) is 62.6 Å². The number of hydrogen-bond donors (Lipinski definition) is 10. The number of nitrogens with zero attached hydrogens (tertiary/aromatic N) is 6. The predicted molar refractivity (Wildman–Crippen MR) is 253 cm³/mol. The van der Waals surface area contributed by atoms with Gasteiger partial charge in [-0.05, 0) is 51.5 Å². The van der Waals surface area contributed by atoms with Gasteiger partial charge in [-0.1, -0.05) is 51.9 Å². The van der Waals surface area contributed by atoms with Crippen molar-refractivity contribution in [1.29, 1.82) is 0 Å². The molecular formula is C37H57N10O18P3S2. The molecule has 70 heavy (non-hydrogen) atoms. The van der Waals surface area contributed by atoms with Crippen molar-refractivity contribution >= 4 is 91.4 Å². The molecule has 0 aliphatic carbocycles. The van der Waals surface area contributed by atoms with Crippen LogP contribution in [-0.4, -0.2) is 128 Å². The van der Waals surface area contributed by atoms with Crippen molar-refractivity contribution in [3.63, 3.8) is 0 Å². The fraction of sp³-hybridized carbons (Fsp3) is 0.649. The molecule has 3 rings (SSSR count). The van der Waals surface area contributed by atoms with E-state index in [1.54, 1.807) is 0 Å². The van der Waals surface area contributed by atoms with Crippen LogP contribution in [0.1, 0.15) is 103 Å². The Hall–Kier alpha value is -4.13. The Morgan fingerprint density at radius 1 is 1.04 bits per heavy atom. The number of Topliss-reactive ketones (excluding diaryl/α,β-unsaturated/α-hetero) is 1. The molecule has 33 heteroatoms. The molecule has 3 heterocycles. The van der Waals surface area contributed by atoms with Crippen LogP contribution in [0.25, 0.3) is 21.5 Å². The Bertz CT molecular complexity index is 2430. The van der Waals surface area contributed by atoms with E-state index in [1.807, 2.05) is 20.8 Å². The number of unbranched alkanes of at least 4 members (excludes halogenated alkanes) is 2. The highest BCUT2D eigenvalue weighted by Crippen LogP contribution is 2.66. The topological polar surface area (TPSA) is 436 Å². The number of phosphoric ester groups is 1. The van der Waals surface area contributed by atoms with E-state index in [4.69, 9.17) is 25.8 Å². The van der Waals surface area contributed by atoms with Crippen LogP contribution in [0.5, 0.6) is 0 Å². The molecule has 0 radical (unpaired) electrons. The minimum absolute atomic E-state index is 0.0369. The number of aliphatic hydroxyl groups is 1. The second-order valence-corrected chi connectivity index (χ2v) is 23.6. The molecule has 2 aromatic rings. The number of fused-ring (bicyclic) bond motifs is 1. The highest BCUT2D eigenvalue weighted by molar-refractivity contribution is 8.77. The van der Waals surface area contributed by atoms with Crippen molar-refractivity contribution in [3.05, 3.63) is 28.5 Å². The number of carbonyl (C=O) groups is 5. The van der Waals surface area contributed by atoms with Crippen molar-refractivity contribution in [3.8, 4) is 11.8 Å². The van der Waals surface area contributed by atoms with Gasteiger partial charge in [-0.25, -0.2) is 23.7 Å². The van der Waals surface area contributed by atoms with Gasteiger partial charge in [-0.3, -0.25) is 28.5 Å². The van der Waals surface area contributed by atoms with Crippen LogP contribution >= 0.6 is 45.1 Å². The number of rotatable bonds is 31. The average molecular weight is 1090 g/mol. The van der Waals surface area contributed by atoms with E-state index >= 15 is 0 Å². The number of phosphoric acid groups is 3.